The topological polar surface area (TPSA) is 43.8 Å². The molecule has 3 heterocycles. The largest absolute Gasteiger partial charge is 0.390 e. The first-order valence-corrected chi connectivity index (χ1v) is 14.3. The van der Waals surface area contributed by atoms with Crippen LogP contribution >= 0.6 is 11.3 Å². The van der Waals surface area contributed by atoms with Crippen molar-refractivity contribution >= 4 is 17.2 Å². The van der Waals surface area contributed by atoms with Gasteiger partial charge >= 0.3 is 0 Å². The van der Waals surface area contributed by atoms with Crippen molar-refractivity contribution in [3.05, 3.63) is 94.2 Å². The van der Waals surface area contributed by atoms with E-state index in [2.05, 4.69) is 35.2 Å². The van der Waals surface area contributed by atoms with Gasteiger partial charge in [-0.25, -0.2) is 0 Å². The average molecular weight is 505 g/mol. The van der Waals surface area contributed by atoms with Crippen molar-refractivity contribution in [3.63, 3.8) is 0 Å². The third kappa shape index (κ3) is 8.02. The van der Waals surface area contributed by atoms with Crippen LogP contribution in [0.1, 0.15) is 53.6 Å². The highest BCUT2D eigenvalue weighted by atomic mass is 32.1. The van der Waals surface area contributed by atoms with Gasteiger partial charge in [0, 0.05) is 38.3 Å². The van der Waals surface area contributed by atoms with E-state index in [1.165, 1.54) is 11.1 Å². The van der Waals surface area contributed by atoms with Crippen molar-refractivity contribution < 1.29 is 9.90 Å². The third-order valence-electron chi connectivity index (χ3n) is 7.55. The summed E-state index contributed by atoms with van der Waals surface area (Å²) in [6, 6.07) is 22.5. The van der Waals surface area contributed by atoms with E-state index in [-0.39, 0.29) is 5.91 Å². The molecule has 1 aromatic heterocycles. The Hall–Kier alpha value is -2.47. The van der Waals surface area contributed by atoms with Crippen LogP contribution in [0.5, 0.6) is 0 Å². The normalized spacial score (nSPS) is 19.5. The second kappa shape index (κ2) is 13.2. The zero-order chi connectivity index (χ0) is 25.2. The number of aliphatic hydroxyl groups is 1. The van der Waals surface area contributed by atoms with E-state index in [1.54, 1.807) is 11.3 Å². The summed E-state index contributed by atoms with van der Waals surface area (Å²) in [5.41, 5.74) is 2.83. The summed E-state index contributed by atoms with van der Waals surface area (Å²) in [5, 5.41) is 15.1. The van der Waals surface area contributed by atoms with Crippen molar-refractivity contribution in [2.24, 2.45) is 5.92 Å². The Kier molecular flexibility index (Phi) is 9.74. The van der Waals surface area contributed by atoms with Crippen molar-refractivity contribution in [2.45, 2.75) is 51.0 Å². The molecule has 0 spiro atoms. The summed E-state index contributed by atoms with van der Waals surface area (Å²) in [7, 11) is 0. The van der Waals surface area contributed by atoms with E-state index >= 15 is 0 Å². The van der Waals surface area contributed by atoms with Crippen LogP contribution in [0.3, 0.4) is 0 Å². The second-order valence-corrected chi connectivity index (χ2v) is 11.2. The number of carbonyl (C=O) groups is 1. The molecule has 1 amide bonds. The molecule has 2 saturated heterocycles. The quantitative estimate of drug-likeness (QED) is 0.426. The summed E-state index contributed by atoms with van der Waals surface area (Å²) in [6.45, 7) is 6.72. The van der Waals surface area contributed by atoms with E-state index in [0.29, 0.717) is 5.92 Å². The predicted octanol–water partition coefficient (Wildman–Crippen LogP) is 6.06. The minimum atomic E-state index is -0.506. The summed E-state index contributed by atoms with van der Waals surface area (Å²) in [6.07, 6.45) is 5.77. The maximum absolute atomic E-state index is 12.8. The van der Waals surface area contributed by atoms with E-state index in [0.717, 1.165) is 76.8 Å². The lowest BCUT2D eigenvalue weighted by atomic mass is 9.85. The standard InChI is InChI=1S/C27H36N2O2.C4H4S/c1-22-9-11-25(12-10-22)26(30)29-17-13-24(21-29)20-28-18-15-27(31,16-19-28)14-5-8-23-6-3-2-4-7-23;1-2-4-5-3-1/h2-4,6-7,9-12,24,31H,5,8,13-21H2,1H3;1-4H. The fourth-order valence-corrected chi connectivity index (χ4v) is 5.76. The summed E-state index contributed by atoms with van der Waals surface area (Å²) < 4.78 is 0. The molecule has 0 saturated carbocycles. The Morgan fingerprint density at radius 3 is 2.31 bits per heavy atom. The molecular weight excluding hydrogens is 464 g/mol. The summed E-state index contributed by atoms with van der Waals surface area (Å²) in [4.78, 5) is 17.3. The van der Waals surface area contributed by atoms with Gasteiger partial charge in [0.2, 0.25) is 0 Å². The number of likely N-dealkylation sites (tertiary alicyclic amines) is 2. The number of rotatable bonds is 7. The number of hydrogen-bond donors (Lipinski definition) is 1. The molecule has 2 aliphatic rings. The lowest BCUT2D eigenvalue weighted by Crippen LogP contribution is -2.46. The van der Waals surface area contributed by atoms with Gasteiger partial charge < -0.3 is 14.9 Å². The molecule has 2 aromatic carbocycles. The number of benzene rings is 2. The van der Waals surface area contributed by atoms with Crippen molar-refractivity contribution in [1.82, 2.24) is 9.80 Å². The molecule has 5 rings (SSSR count). The molecule has 192 valence electrons. The van der Waals surface area contributed by atoms with Gasteiger partial charge in [-0.1, -0.05) is 60.2 Å². The van der Waals surface area contributed by atoms with Gasteiger partial charge in [0.15, 0.2) is 0 Å². The van der Waals surface area contributed by atoms with E-state index < -0.39 is 5.60 Å². The van der Waals surface area contributed by atoms with Crippen LogP contribution in [-0.4, -0.2) is 59.1 Å². The molecule has 4 nitrogen and oxygen atoms in total. The number of nitrogens with zero attached hydrogens (tertiary/aromatic N) is 2. The van der Waals surface area contributed by atoms with Crippen LogP contribution in [-0.2, 0) is 6.42 Å². The maximum atomic E-state index is 12.8. The molecule has 3 aromatic rings. The Bertz CT molecular complexity index is 1010. The number of carbonyl (C=O) groups excluding carboxylic acids is 1. The highest BCUT2D eigenvalue weighted by Gasteiger charge is 2.34. The zero-order valence-corrected chi connectivity index (χ0v) is 22.3. The van der Waals surface area contributed by atoms with Gasteiger partial charge in [-0.3, -0.25) is 4.79 Å². The summed E-state index contributed by atoms with van der Waals surface area (Å²) >= 11 is 1.71. The lowest BCUT2D eigenvalue weighted by Gasteiger charge is -2.39. The number of thiophene rings is 1. The highest BCUT2D eigenvalue weighted by molar-refractivity contribution is 7.07. The lowest BCUT2D eigenvalue weighted by molar-refractivity contribution is -0.0312. The Balaban J connectivity index is 0.000000543. The van der Waals surface area contributed by atoms with E-state index in [1.807, 2.05) is 59.0 Å². The molecule has 36 heavy (non-hydrogen) atoms. The molecule has 2 fully saturated rings. The van der Waals surface area contributed by atoms with Gasteiger partial charge in [0.1, 0.15) is 0 Å². The van der Waals surface area contributed by atoms with Crippen molar-refractivity contribution in [1.29, 1.82) is 0 Å². The Labute approximate surface area is 220 Å². The first kappa shape index (κ1) is 26.6. The molecule has 0 bridgehead atoms. The van der Waals surface area contributed by atoms with Crippen LogP contribution in [0.2, 0.25) is 0 Å². The first-order valence-electron chi connectivity index (χ1n) is 13.3. The smallest absolute Gasteiger partial charge is 0.253 e. The van der Waals surface area contributed by atoms with Gasteiger partial charge in [-0.15, -0.1) is 0 Å². The Morgan fingerprint density at radius 1 is 0.972 bits per heavy atom. The van der Waals surface area contributed by atoms with Gasteiger partial charge in [-0.2, -0.15) is 11.3 Å². The van der Waals surface area contributed by atoms with Gasteiger partial charge in [-0.05, 0) is 79.8 Å². The maximum Gasteiger partial charge on any atom is 0.253 e. The minimum absolute atomic E-state index is 0.161. The molecule has 1 N–H and O–H groups in total. The minimum Gasteiger partial charge on any atom is -0.390 e. The predicted molar refractivity (Wildman–Crippen MR) is 150 cm³/mol. The molecular formula is C31H40N2O2S. The molecule has 5 heteroatoms. The number of amides is 1. The number of aryl methyl sites for hydroxylation is 2. The summed E-state index contributed by atoms with van der Waals surface area (Å²) in [5.74, 6) is 0.701. The average Bonchev–Trinajstić information content (AvgIpc) is 3.62. The second-order valence-electron chi connectivity index (χ2n) is 10.4. The van der Waals surface area contributed by atoms with Crippen LogP contribution in [0.4, 0.5) is 0 Å². The molecule has 1 unspecified atom stereocenters. The van der Waals surface area contributed by atoms with Crippen LogP contribution < -0.4 is 0 Å². The number of piperidine rings is 1. The third-order valence-corrected chi connectivity index (χ3v) is 8.18. The van der Waals surface area contributed by atoms with Crippen molar-refractivity contribution in [2.75, 3.05) is 32.7 Å². The van der Waals surface area contributed by atoms with Gasteiger partial charge in [0.25, 0.3) is 5.91 Å². The van der Waals surface area contributed by atoms with Gasteiger partial charge in [0.05, 0.1) is 5.60 Å². The highest BCUT2D eigenvalue weighted by Crippen LogP contribution is 2.29. The first-order chi connectivity index (χ1) is 17.5. The van der Waals surface area contributed by atoms with Crippen LogP contribution in [0.25, 0.3) is 0 Å². The van der Waals surface area contributed by atoms with Crippen molar-refractivity contribution in [3.8, 4) is 0 Å². The monoisotopic (exact) mass is 504 g/mol. The van der Waals surface area contributed by atoms with E-state index in [4.69, 9.17) is 0 Å². The van der Waals surface area contributed by atoms with Crippen LogP contribution in [0.15, 0.2) is 77.5 Å². The van der Waals surface area contributed by atoms with E-state index in [9.17, 15) is 9.90 Å². The molecule has 0 aliphatic carbocycles. The fraction of sp³-hybridized carbons (Fsp3) is 0.452. The van der Waals surface area contributed by atoms with Crippen LogP contribution in [0, 0.1) is 12.8 Å². The number of hydrogen-bond acceptors (Lipinski definition) is 4. The Morgan fingerprint density at radius 2 is 1.67 bits per heavy atom. The molecule has 0 radical (unpaired) electrons. The SMILES string of the molecule is Cc1ccc(C(=O)N2CCC(CN3CCC(O)(CCCc4ccccc4)CC3)C2)cc1.c1ccsc1. The molecule has 2 aliphatic heterocycles. The molecule has 1 atom stereocenters. The fourth-order valence-electron chi connectivity index (χ4n) is 5.30. The zero-order valence-electron chi connectivity index (χ0n) is 21.5.